The van der Waals surface area contributed by atoms with Crippen LogP contribution in [0.4, 0.5) is 0 Å². The van der Waals surface area contributed by atoms with Crippen LogP contribution >= 0.6 is 0 Å². The third-order valence-electron chi connectivity index (χ3n) is 15.3. The molecule has 0 spiro atoms. The Hall–Kier alpha value is -0.820. The van der Waals surface area contributed by atoms with Crippen molar-refractivity contribution in [2.45, 2.75) is 171 Å². The van der Waals surface area contributed by atoms with Crippen molar-refractivity contribution in [2.24, 2.45) is 46.3 Å². The summed E-state index contributed by atoms with van der Waals surface area (Å²) in [4.78, 5) is 0. The molecule has 0 unspecified atom stereocenters. The average Bonchev–Trinajstić information content (AvgIpc) is 3.56. The number of aliphatic hydroxyl groups is 9. The van der Waals surface area contributed by atoms with E-state index in [4.69, 9.17) is 23.7 Å². The summed E-state index contributed by atoms with van der Waals surface area (Å²) >= 11 is 0. The van der Waals surface area contributed by atoms with Gasteiger partial charge in [0.05, 0.1) is 37.6 Å². The zero-order valence-corrected chi connectivity index (χ0v) is 31.7. The number of hydrogen-bond acceptors (Lipinski definition) is 14. The van der Waals surface area contributed by atoms with Gasteiger partial charge in [-0.25, -0.2) is 0 Å². The Morgan fingerprint density at radius 2 is 1.58 bits per heavy atom. The van der Waals surface area contributed by atoms with Gasteiger partial charge in [0, 0.05) is 24.2 Å². The van der Waals surface area contributed by atoms with Crippen molar-refractivity contribution in [3.05, 3.63) is 11.6 Å². The second kappa shape index (κ2) is 14.8. The SMILES string of the molecule is C[C@H](CC[C@]1(O)O[C@H]2C[C@H]3[C@@H]4CC=C5C[C@@H](O)C[C@@H](O[C@@H]6O[C@H](CO)[C@H](O)[C@H](O)[C@H]6O)[C@]5(C)[C@H]4CC[C@]3(C)[C@H]2[C@@H]1C)CO[C@@H]1O[C@H](C)[C@@H](O)[C@H](O)[C@@H]1O. The number of hydrogen-bond donors (Lipinski definition) is 9. The maximum atomic E-state index is 12.0. The molecule has 9 N–H and O–H groups in total. The minimum atomic E-state index is -1.55. The molecule has 3 saturated heterocycles. The first-order valence-corrected chi connectivity index (χ1v) is 20.0. The molecule has 0 aromatic rings. The quantitative estimate of drug-likeness (QED) is 0.145. The molecule has 3 aliphatic heterocycles. The van der Waals surface area contributed by atoms with Gasteiger partial charge in [-0.05, 0) is 80.5 Å². The molecule has 22 atom stereocenters. The smallest absolute Gasteiger partial charge is 0.187 e. The van der Waals surface area contributed by atoms with E-state index >= 15 is 0 Å². The first-order chi connectivity index (χ1) is 24.9. The number of allylic oxidation sites excluding steroid dienone is 1. The molecule has 304 valence electrons. The summed E-state index contributed by atoms with van der Waals surface area (Å²) in [5.41, 5.74) is 0.601. The van der Waals surface area contributed by atoms with E-state index in [2.05, 4.69) is 26.8 Å². The number of ether oxygens (including phenoxy) is 5. The van der Waals surface area contributed by atoms with Crippen molar-refractivity contribution >= 4 is 0 Å². The van der Waals surface area contributed by atoms with Crippen LogP contribution in [0.3, 0.4) is 0 Å². The van der Waals surface area contributed by atoms with Gasteiger partial charge in [-0.3, -0.25) is 0 Å². The summed E-state index contributed by atoms with van der Waals surface area (Å²) in [7, 11) is 0. The van der Waals surface area contributed by atoms with Crippen molar-refractivity contribution in [3.8, 4) is 0 Å². The Bertz CT molecular complexity index is 1330. The molecule has 14 heteroatoms. The van der Waals surface area contributed by atoms with Gasteiger partial charge in [0.15, 0.2) is 18.4 Å². The molecule has 7 aliphatic rings. The first kappa shape index (κ1) is 40.4. The second-order valence-corrected chi connectivity index (χ2v) is 18.3. The second-order valence-electron chi connectivity index (χ2n) is 18.3. The molecular weight excluding hydrogens is 692 g/mol. The number of rotatable bonds is 9. The first-order valence-electron chi connectivity index (χ1n) is 20.0. The number of fused-ring (bicyclic) bond motifs is 7. The third kappa shape index (κ3) is 6.67. The van der Waals surface area contributed by atoms with E-state index in [-0.39, 0.29) is 41.8 Å². The molecule has 6 fully saturated rings. The fraction of sp³-hybridized carbons (Fsp3) is 0.949. The summed E-state index contributed by atoms with van der Waals surface area (Å²) in [6, 6.07) is 0. The van der Waals surface area contributed by atoms with Gasteiger partial charge in [-0.15, -0.1) is 0 Å². The van der Waals surface area contributed by atoms with E-state index in [1.54, 1.807) is 6.92 Å². The molecule has 14 nitrogen and oxygen atoms in total. The van der Waals surface area contributed by atoms with Crippen molar-refractivity contribution in [2.75, 3.05) is 13.2 Å². The van der Waals surface area contributed by atoms with Crippen molar-refractivity contribution in [1.29, 1.82) is 0 Å². The van der Waals surface area contributed by atoms with Gasteiger partial charge in [0.2, 0.25) is 0 Å². The van der Waals surface area contributed by atoms with Gasteiger partial charge < -0.3 is 69.6 Å². The summed E-state index contributed by atoms with van der Waals surface area (Å²) in [6.07, 6.45) is -6.10. The average molecular weight is 757 g/mol. The minimum Gasteiger partial charge on any atom is -0.394 e. The summed E-state index contributed by atoms with van der Waals surface area (Å²) in [5, 5.41) is 94.8. The molecule has 4 aliphatic carbocycles. The molecule has 7 rings (SSSR count). The zero-order chi connectivity index (χ0) is 38.4. The van der Waals surface area contributed by atoms with Gasteiger partial charge in [0.1, 0.15) is 42.7 Å². The van der Waals surface area contributed by atoms with Crippen molar-refractivity contribution in [1.82, 2.24) is 0 Å². The van der Waals surface area contributed by atoms with E-state index in [0.717, 1.165) is 31.3 Å². The van der Waals surface area contributed by atoms with Crippen LogP contribution in [-0.4, -0.2) is 145 Å². The highest BCUT2D eigenvalue weighted by molar-refractivity contribution is 5.28. The standard InChI is InChI=1S/C39H64O14/c1-17(16-49-35-33(46)31(44)29(42)19(3)50-35)8-11-39(48)18(2)28-25(53-39)14-24-22-7-6-20-12-21(41)13-27(38(20,5)23(22)9-10-37(24,28)4)52-36-34(47)32(45)30(43)26(15-40)51-36/h6,17-19,21-36,40-48H,7-16H2,1-5H3/t17-,18+,19-,21-,22-,23+,24+,25+,26-,27-,28+,29-,30+,31+,32+,33+,34-,35-,36+,37+,38+,39+/m1/s1. The molecule has 0 aromatic carbocycles. The van der Waals surface area contributed by atoms with E-state index < -0.39 is 91.4 Å². The maximum Gasteiger partial charge on any atom is 0.187 e. The van der Waals surface area contributed by atoms with Gasteiger partial charge >= 0.3 is 0 Å². The van der Waals surface area contributed by atoms with Crippen molar-refractivity contribution < 1.29 is 69.6 Å². The van der Waals surface area contributed by atoms with Crippen LogP contribution in [0, 0.1) is 46.3 Å². The fourth-order valence-electron chi connectivity index (χ4n) is 12.1. The molecule has 0 amide bonds. The lowest BCUT2D eigenvalue weighted by Gasteiger charge is -2.60. The van der Waals surface area contributed by atoms with Crippen LogP contribution in [0.15, 0.2) is 11.6 Å². The van der Waals surface area contributed by atoms with Crippen LogP contribution < -0.4 is 0 Å². The van der Waals surface area contributed by atoms with Gasteiger partial charge in [-0.1, -0.05) is 39.3 Å². The van der Waals surface area contributed by atoms with Crippen molar-refractivity contribution in [3.63, 3.8) is 0 Å². The van der Waals surface area contributed by atoms with Crippen LogP contribution in [0.5, 0.6) is 0 Å². The summed E-state index contributed by atoms with van der Waals surface area (Å²) in [5.74, 6) is -0.368. The Balaban J connectivity index is 1.01. The lowest BCUT2D eigenvalue weighted by molar-refractivity contribution is -0.324. The van der Waals surface area contributed by atoms with E-state index in [1.165, 1.54) is 0 Å². The Morgan fingerprint density at radius 3 is 2.30 bits per heavy atom. The Kier molecular flexibility index (Phi) is 11.3. The van der Waals surface area contributed by atoms with E-state index in [9.17, 15) is 46.0 Å². The normalized spacial score (nSPS) is 55.8. The molecular formula is C39H64O14. The van der Waals surface area contributed by atoms with E-state index in [0.29, 0.717) is 37.5 Å². The Morgan fingerprint density at radius 1 is 0.887 bits per heavy atom. The van der Waals surface area contributed by atoms with Gasteiger partial charge in [0.25, 0.3) is 0 Å². The minimum absolute atomic E-state index is 0.000240. The predicted octanol–water partition coefficient (Wildman–Crippen LogP) is 0.315. The van der Waals surface area contributed by atoms with Crippen LogP contribution in [0.25, 0.3) is 0 Å². The lowest BCUT2D eigenvalue weighted by Crippen LogP contribution is -2.62. The molecule has 0 radical (unpaired) electrons. The molecule has 3 saturated carbocycles. The van der Waals surface area contributed by atoms with E-state index in [1.807, 2.05) is 6.92 Å². The highest BCUT2D eigenvalue weighted by Crippen LogP contribution is 2.70. The largest absolute Gasteiger partial charge is 0.394 e. The summed E-state index contributed by atoms with van der Waals surface area (Å²) in [6.45, 7) is 9.99. The molecule has 53 heavy (non-hydrogen) atoms. The lowest BCUT2D eigenvalue weighted by atomic mass is 9.46. The van der Waals surface area contributed by atoms with Gasteiger partial charge in [-0.2, -0.15) is 0 Å². The van der Waals surface area contributed by atoms with Crippen LogP contribution in [0.1, 0.15) is 86.0 Å². The highest BCUT2D eigenvalue weighted by Gasteiger charge is 2.68. The highest BCUT2D eigenvalue weighted by atomic mass is 16.7. The predicted molar refractivity (Wildman–Crippen MR) is 186 cm³/mol. The fourth-order valence-corrected chi connectivity index (χ4v) is 12.1. The topological polar surface area (TPSA) is 228 Å². The molecule has 0 aromatic heterocycles. The maximum absolute atomic E-state index is 12.0. The molecule has 0 bridgehead atoms. The van der Waals surface area contributed by atoms with Crippen LogP contribution in [-0.2, 0) is 23.7 Å². The third-order valence-corrected chi connectivity index (χ3v) is 15.3. The number of aliphatic hydroxyl groups excluding tert-OH is 8. The monoisotopic (exact) mass is 756 g/mol. The Labute approximate surface area is 312 Å². The molecule has 3 heterocycles. The van der Waals surface area contributed by atoms with Crippen LogP contribution in [0.2, 0.25) is 0 Å². The summed E-state index contributed by atoms with van der Waals surface area (Å²) < 4.78 is 30.3. The zero-order valence-electron chi connectivity index (χ0n) is 31.7.